The van der Waals surface area contributed by atoms with E-state index in [9.17, 15) is 19.7 Å². The first-order chi connectivity index (χ1) is 14.4. The third-order valence-corrected chi connectivity index (χ3v) is 6.19. The van der Waals surface area contributed by atoms with Gasteiger partial charge in [0.05, 0.1) is 21.3 Å². The fourth-order valence-corrected chi connectivity index (χ4v) is 4.20. The van der Waals surface area contributed by atoms with Crippen LogP contribution in [0.15, 0.2) is 47.4 Å². The molecule has 158 valence electrons. The number of non-ortho nitro benzene ring substituents is 1. The van der Waals surface area contributed by atoms with Crippen LogP contribution in [-0.2, 0) is 4.79 Å². The molecule has 0 bridgehead atoms. The Labute approximate surface area is 183 Å². The molecule has 0 radical (unpaired) electrons. The van der Waals surface area contributed by atoms with Gasteiger partial charge in [-0.25, -0.2) is 0 Å². The van der Waals surface area contributed by atoms with Gasteiger partial charge in [0.25, 0.3) is 11.6 Å². The van der Waals surface area contributed by atoms with Gasteiger partial charge in [-0.15, -0.1) is 11.8 Å². The fraction of sp³-hybridized carbons (Fsp3) is 0.333. The zero-order valence-corrected chi connectivity index (χ0v) is 17.8. The Balaban J connectivity index is 1.56. The van der Waals surface area contributed by atoms with E-state index < -0.39 is 4.92 Å². The van der Waals surface area contributed by atoms with Gasteiger partial charge in [-0.1, -0.05) is 30.9 Å². The number of carbonyl (C=O) groups is 2. The lowest BCUT2D eigenvalue weighted by Gasteiger charge is -2.23. The Hall–Kier alpha value is -2.58. The first-order valence-electron chi connectivity index (χ1n) is 9.70. The molecule has 2 N–H and O–H groups in total. The number of hydrogen-bond donors (Lipinski definition) is 2. The number of nitro groups is 1. The first-order valence-corrected chi connectivity index (χ1v) is 11.1. The molecule has 0 aromatic heterocycles. The molecule has 1 saturated carbocycles. The number of carbonyl (C=O) groups excluding carboxylic acids is 2. The zero-order chi connectivity index (χ0) is 21.5. The number of amides is 2. The lowest BCUT2D eigenvalue weighted by atomic mass is 9.95. The minimum Gasteiger partial charge on any atom is -0.349 e. The molecule has 2 aromatic carbocycles. The van der Waals surface area contributed by atoms with Crippen LogP contribution in [0.5, 0.6) is 0 Å². The number of halogens is 1. The van der Waals surface area contributed by atoms with Gasteiger partial charge in [-0.2, -0.15) is 0 Å². The van der Waals surface area contributed by atoms with Gasteiger partial charge in [0, 0.05) is 28.8 Å². The van der Waals surface area contributed by atoms with Crippen molar-refractivity contribution in [1.29, 1.82) is 0 Å². The van der Waals surface area contributed by atoms with Crippen molar-refractivity contribution in [2.45, 2.75) is 43.0 Å². The van der Waals surface area contributed by atoms with Crippen LogP contribution in [0, 0.1) is 10.1 Å². The van der Waals surface area contributed by atoms with Crippen LogP contribution in [0.2, 0.25) is 5.02 Å². The predicted octanol–water partition coefficient (Wildman–Crippen LogP) is 5.04. The van der Waals surface area contributed by atoms with Crippen molar-refractivity contribution >= 4 is 46.6 Å². The second-order valence-electron chi connectivity index (χ2n) is 7.09. The monoisotopic (exact) mass is 447 g/mol. The minimum atomic E-state index is -0.469. The molecule has 1 aliphatic rings. The summed E-state index contributed by atoms with van der Waals surface area (Å²) in [5, 5.41) is 16.8. The number of rotatable bonds is 7. The molecule has 1 fully saturated rings. The van der Waals surface area contributed by atoms with Gasteiger partial charge in [0.2, 0.25) is 5.91 Å². The summed E-state index contributed by atoms with van der Waals surface area (Å²) in [5.74, 6) is -0.355. The molecule has 0 aliphatic heterocycles. The summed E-state index contributed by atoms with van der Waals surface area (Å²) in [5.41, 5.74) is 0.828. The molecule has 30 heavy (non-hydrogen) atoms. The Morgan fingerprint density at radius 2 is 1.80 bits per heavy atom. The zero-order valence-electron chi connectivity index (χ0n) is 16.2. The number of thioether (sulfide) groups is 1. The lowest BCUT2D eigenvalue weighted by molar-refractivity contribution is -0.384. The maximum atomic E-state index is 12.6. The molecule has 0 saturated heterocycles. The Kier molecular flexibility index (Phi) is 7.70. The van der Waals surface area contributed by atoms with Crippen LogP contribution in [0.1, 0.15) is 42.5 Å². The van der Waals surface area contributed by atoms with Gasteiger partial charge < -0.3 is 10.6 Å². The van der Waals surface area contributed by atoms with Crippen molar-refractivity contribution in [3.63, 3.8) is 0 Å². The van der Waals surface area contributed by atoms with Crippen LogP contribution in [0.25, 0.3) is 0 Å². The van der Waals surface area contributed by atoms with Crippen molar-refractivity contribution in [2.24, 2.45) is 0 Å². The topological polar surface area (TPSA) is 101 Å². The second-order valence-corrected chi connectivity index (χ2v) is 8.55. The summed E-state index contributed by atoms with van der Waals surface area (Å²) in [4.78, 5) is 35.8. The summed E-state index contributed by atoms with van der Waals surface area (Å²) < 4.78 is 0. The summed E-state index contributed by atoms with van der Waals surface area (Å²) in [7, 11) is 0. The molecule has 7 nitrogen and oxygen atoms in total. The minimum absolute atomic E-state index is 0.00370. The van der Waals surface area contributed by atoms with Crippen molar-refractivity contribution in [1.82, 2.24) is 5.32 Å². The largest absolute Gasteiger partial charge is 0.349 e. The molecular weight excluding hydrogens is 426 g/mol. The van der Waals surface area contributed by atoms with E-state index in [-0.39, 0.29) is 29.3 Å². The molecule has 2 amide bonds. The second kappa shape index (κ2) is 10.4. The molecule has 9 heteroatoms. The maximum absolute atomic E-state index is 12.6. The van der Waals surface area contributed by atoms with Crippen LogP contribution >= 0.6 is 23.4 Å². The highest BCUT2D eigenvalue weighted by molar-refractivity contribution is 8.00. The summed E-state index contributed by atoms with van der Waals surface area (Å²) in [6, 6.07) is 11.0. The van der Waals surface area contributed by atoms with E-state index in [0.717, 1.165) is 30.6 Å². The summed E-state index contributed by atoms with van der Waals surface area (Å²) in [6.45, 7) is 0. The van der Waals surface area contributed by atoms with Gasteiger partial charge in [0.15, 0.2) is 0 Å². The Morgan fingerprint density at radius 3 is 2.47 bits per heavy atom. The highest BCUT2D eigenvalue weighted by atomic mass is 35.5. The fourth-order valence-electron chi connectivity index (χ4n) is 3.30. The van der Waals surface area contributed by atoms with Crippen molar-refractivity contribution < 1.29 is 14.5 Å². The van der Waals surface area contributed by atoms with E-state index >= 15 is 0 Å². The molecular formula is C21H22ClN3O4S. The molecule has 1 aliphatic carbocycles. The van der Waals surface area contributed by atoms with Gasteiger partial charge >= 0.3 is 0 Å². The first kappa shape index (κ1) is 22.1. The standard InChI is InChI=1S/C21H22ClN3O4S/c22-19-11-6-15(12-18(19)21(27)24-14-4-2-1-3-5-14)23-20(26)13-30-17-9-7-16(8-10-17)25(28)29/h6-12,14H,1-5,13H2,(H,23,26)(H,24,27). The number of hydrogen-bond acceptors (Lipinski definition) is 5. The Bertz CT molecular complexity index is 930. The van der Waals surface area contributed by atoms with Gasteiger partial charge in [-0.3, -0.25) is 19.7 Å². The number of nitrogens with one attached hydrogen (secondary N) is 2. The third-order valence-electron chi connectivity index (χ3n) is 4.85. The highest BCUT2D eigenvalue weighted by Crippen LogP contribution is 2.24. The van der Waals surface area contributed by atoms with E-state index in [1.807, 2.05) is 0 Å². The number of benzene rings is 2. The molecule has 0 spiro atoms. The van der Waals surface area contributed by atoms with Crippen molar-refractivity contribution in [3.05, 3.63) is 63.2 Å². The van der Waals surface area contributed by atoms with Crippen LogP contribution in [0.3, 0.4) is 0 Å². The summed E-state index contributed by atoms with van der Waals surface area (Å²) in [6.07, 6.45) is 5.37. The van der Waals surface area contributed by atoms with Crippen LogP contribution in [0.4, 0.5) is 11.4 Å². The van der Waals surface area contributed by atoms with E-state index in [4.69, 9.17) is 11.6 Å². The Morgan fingerprint density at radius 1 is 1.10 bits per heavy atom. The quantitative estimate of drug-likeness (QED) is 0.351. The summed E-state index contributed by atoms with van der Waals surface area (Å²) >= 11 is 7.46. The highest BCUT2D eigenvalue weighted by Gasteiger charge is 2.19. The number of nitrogens with zero attached hydrogens (tertiary/aromatic N) is 1. The molecule has 3 rings (SSSR count). The van der Waals surface area contributed by atoms with Gasteiger partial charge in [-0.05, 0) is 43.2 Å². The average Bonchev–Trinajstić information content (AvgIpc) is 2.74. The van der Waals surface area contributed by atoms with E-state index in [0.29, 0.717) is 16.3 Å². The van der Waals surface area contributed by atoms with Crippen LogP contribution < -0.4 is 10.6 Å². The SMILES string of the molecule is O=C(CSc1ccc([N+](=O)[O-])cc1)Nc1ccc(Cl)c(C(=O)NC2CCCCC2)c1. The molecule has 2 aromatic rings. The molecule has 0 heterocycles. The smallest absolute Gasteiger partial charge is 0.269 e. The van der Waals surface area contributed by atoms with E-state index in [2.05, 4.69) is 10.6 Å². The number of nitro benzene ring substituents is 1. The van der Waals surface area contributed by atoms with E-state index in [1.54, 1.807) is 30.3 Å². The van der Waals surface area contributed by atoms with E-state index in [1.165, 1.54) is 30.3 Å². The number of anilines is 1. The van der Waals surface area contributed by atoms with Crippen molar-refractivity contribution in [2.75, 3.05) is 11.1 Å². The lowest BCUT2D eigenvalue weighted by Crippen LogP contribution is -2.36. The van der Waals surface area contributed by atoms with Gasteiger partial charge in [0.1, 0.15) is 0 Å². The maximum Gasteiger partial charge on any atom is 0.269 e. The third kappa shape index (κ3) is 6.21. The van der Waals surface area contributed by atoms with Crippen molar-refractivity contribution in [3.8, 4) is 0 Å². The molecule has 0 atom stereocenters. The predicted molar refractivity (Wildman–Crippen MR) is 118 cm³/mol. The molecule has 0 unspecified atom stereocenters. The van der Waals surface area contributed by atoms with Crippen LogP contribution in [-0.4, -0.2) is 28.5 Å². The average molecular weight is 448 g/mol. The normalized spacial score (nSPS) is 14.2.